The van der Waals surface area contributed by atoms with E-state index in [9.17, 15) is 9.59 Å². The van der Waals surface area contributed by atoms with E-state index in [2.05, 4.69) is 31.7 Å². The zero-order chi connectivity index (χ0) is 18.1. The van der Waals surface area contributed by atoms with Crippen molar-refractivity contribution in [1.82, 2.24) is 30.0 Å². The molecule has 9 nitrogen and oxygen atoms in total. The predicted molar refractivity (Wildman–Crippen MR) is 93.6 cm³/mol. The van der Waals surface area contributed by atoms with E-state index >= 15 is 0 Å². The van der Waals surface area contributed by atoms with Crippen molar-refractivity contribution in [1.29, 1.82) is 0 Å². The van der Waals surface area contributed by atoms with Gasteiger partial charge in [0.15, 0.2) is 5.82 Å². The predicted octanol–water partition coefficient (Wildman–Crippen LogP) is 0.874. The molecule has 1 unspecified atom stereocenters. The van der Waals surface area contributed by atoms with Crippen molar-refractivity contribution in [2.45, 2.75) is 12.5 Å². The molecule has 0 aromatic carbocycles. The van der Waals surface area contributed by atoms with Gasteiger partial charge in [0.05, 0.1) is 6.54 Å². The van der Waals surface area contributed by atoms with Crippen LogP contribution in [0, 0.1) is 0 Å². The number of fused-ring (bicyclic) bond motifs is 1. The van der Waals surface area contributed by atoms with E-state index in [1.807, 2.05) is 12.1 Å². The zero-order valence-corrected chi connectivity index (χ0v) is 13.8. The van der Waals surface area contributed by atoms with Crippen molar-refractivity contribution in [2.75, 3.05) is 13.1 Å². The fourth-order valence-corrected chi connectivity index (χ4v) is 2.96. The number of carbonyl (C=O) groups is 1. The Morgan fingerprint density at radius 2 is 2.35 bits per heavy atom. The summed E-state index contributed by atoms with van der Waals surface area (Å²) in [5, 5.41) is 7.05. The van der Waals surface area contributed by atoms with Crippen molar-refractivity contribution in [3.05, 3.63) is 47.5 Å². The maximum absolute atomic E-state index is 11.7. The van der Waals surface area contributed by atoms with Crippen molar-refractivity contribution >= 4 is 16.8 Å². The minimum atomic E-state index is -0.412. The smallest absolute Gasteiger partial charge is 0.340 e. The summed E-state index contributed by atoms with van der Waals surface area (Å²) in [5.41, 5.74) is 0.670. The number of aromatic amines is 2. The highest BCUT2D eigenvalue weighted by Crippen LogP contribution is 2.28. The lowest BCUT2D eigenvalue weighted by molar-refractivity contribution is -0.125. The van der Waals surface area contributed by atoms with Gasteiger partial charge in [-0.25, -0.2) is 14.9 Å². The first-order valence-corrected chi connectivity index (χ1v) is 8.13. The van der Waals surface area contributed by atoms with Gasteiger partial charge in [-0.3, -0.25) is 14.8 Å². The van der Waals surface area contributed by atoms with Gasteiger partial charge in [-0.15, -0.1) is 0 Å². The van der Waals surface area contributed by atoms with Crippen molar-refractivity contribution in [3.63, 3.8) is 0 Å². The molecule has 3 aromatic rings. The van der Waals surface area contributed by atoms with E-state index < -0.39 is 5.69 Å². The Balaban J connectivity index is 1.68. The molecule has 0 saturated carbocycles. The average molecular weight is 352 g/mol. The minimum absolute atomic E-state index is 0.116. The maximum Gasteiger partial charge on any atom is 0.340 e. The lowest BCUT2D eigenvalue weighted by atomic mass is 10.2. The molecule has 2 N–H and O–H groups in total. The molecule has 1 atom stereocenters. The van der Waals surface area contributed by atoms with Crippen molar-refractivity contribution < 1.29 is 9.53 Å². The summed E-state index contributed by atoms with van der Waals surface area (Å²) in [6, 6.07) is 5.47. The van der Waals surface area contributed by atoms with Gasteiger partial charge in [-0.1, -0.05) is 12.6 Å². The average Bonchev–Trinajstić information content (AvgIpc) is 3.30. The summed E-state index contributed by atoms with van der Waals surface area (Å²) >= 11 is 0. The summed E-state index contributed by atoms with van der Waals surface area (Å²) < 4.78 is 6.05. The van der Waals surface area contributed by atoms with Gasteiger partial charge in [0.1, 0.15) is 17.3 Å². The Morgan fingerprint density at radius 1 is 1.46 bits per heavy atom. The molecule has 4 heterocycles. The normalized spacial score (nSPS) is 16.8. The number of nitrogens with one attached hydrogen (secondary N) is 2. The number of likely N-dealkylation sites (tertiary alicyclic amines) is 1. The van der Waals surface area contributed by atoms with Gasteiger partial charge in [0, 0.05) is 24.5 Å². The third-order valence-corrected chi connectivity index (χ3v) is 4.21. The van der Waals surface area contributed by atoms with E-state index in [1.54, 1.807) is 17.2 Å². The highest BCUT2D eigenvalue weighted by atomic mass is 16.5. The largest absolute Gasteiger partial charge is 0.471 e. The Hall–Kier alpha value is -3.49. The standard InChI is InChI=1S/C17H16N6O3/c1-2-13(24)23-7-5-11(9-23)26-16-14-10(4-3-6-18-14)8-12(19-16)15-20-17(25)22-21-15/h2-4,6,8,11H,1,5,7,9H2,(H2,20,21,22,25). The quantitative estimate of drug-likeness (QED) is 0.673. The molecule has 9 heteroatoms. The number of aromatic nitrogens is 5. The van der Waals surface area contributed by atoms with Gasteiger partial charge in [0.25, 0.3) is 0 Å². The van der Waals surface area contributed by atoms with Crippen LogP contribution in [0.1, 0.15) is 6.42 Å². The summed E-state index contributed by atoms with van der Waals surface area (Å²) in [5.74, 6) is 0.551. The molecule has 1 saturated heterocycles. The number of hydrogen-bond acceptors (Lipinski definition) is 6. The molecule has 26 heavy (non-hydrogen) atoms. The molecule has 4 rings (SSSR count). The summed E-state index contributed by atoms with van der Waals surface area (Å²) in [7, 11) is 0. The molecule has 1 amide bonds. The molecule has 1 aliphatic heterocycles. The number of hydrogen-bond donors (Lipinski definition) is 2. The van der Waals surface area contributed by atoms with Crippen LogP contribution in [-0.4, -0.2) is 55.1 Å². The van der Waals surface area contributed by atoms with Crippen molar-refractivity contribution in [3.8, 4) is 17.4 Å². The SMILES string of the molecule is C=CC(=O)N1CCC(Oc2nc(-c3n[nH]c(=O)[nH]3)cc3cccnc23)C1. The molecule has 0 radical (unpaired) electrons. The number of pyridine rings is 2. The first-order valence-electron chi connectivity index (χ1n) is 8.13. The van der Waals surface area contributed by atoms with Crippen LogP contribution >= 0.6 is 0 Å². The number of rotatable bonds is 4. The fourth-order valence-electron chi connectivity index (χ4n) is 2.96. The van der Waals surface area contributed by atoms with Crippen LogP contribution in [-0.2, 0) is 4.79 Å². The highest BCUT2D eigenvalue weighted by molar-refractivity contribution is 5.87. The lowest BCUT2D eigenvalue weighted by Crippen LogP contribution is -2.29. The van der Waals surface area contributed by atoms with Crippen molar-refractivity contribution in [2.24, 2.45) is 0 Å². The second-order valence-corrected chi connectivity index (χ2v) is 5.93. The van der Waals surface area contributed by atoms with Crippen LogP contribution in [0.15, 0.2) is 41.8 Å². The van der Waals surface area contributed by atoms with E-state index in [-0.39, 0.29) is 12.0 Å². The van der Waals surface area contributed by atoms with E-state index in [0.717, 1.165) is 5.39 Å². The van der Waals surface area contributed by atoms with E-state index in [4.69, 9.17) is 4.74 Å². The topological polar surface area (TPSA) is 117 Å². The van der Waals surface area contributed by atoms with Gasteiger partial charge in [-0.2, -0.15) is 5.10 Å². The Morgan fingerprint density at radius 3 is 3.12 bits per heavy atom. The highest BCUT2D eigenvalue weighted by Gasteiger charge is 2.27. The molecular formula is C17H16N6O3. The van der Waals surface area contributed by atoms with Crippen LogP contribution in [0.25, 0.3) is 22.4 Å². The molecule has 0 bridgehead atoms. The number of ether oxygens (including phenoxy) is 1. The second kappa shape index (κ2) is 6.43. The van der Waals surface area contributed by atoms with Gasteiger partial charge >= 0.3 is 5.69 Å². The van der Waals surface area contributed by atoms with Crippen LogP contribution in [0.3, 0.4) is 0 Å². The number of amides is 1. The van der Waals surface area contributed by atoms with Crippen LogP contribution in [0.5, 0.6) is 5.88 Å². The molecule has 1 aliphatic rings. The minimum Gasteiger partial charge on any atom is -0.471 e. The van der Waals surface area contributed by atoms with Gasteiger partial charge < -0.3 is 9.64 Å². The van der Waals surface area contributed by atoms with Gasteiger partial charge in [0.2, 0.25) is 11.8 Å². The third-order valence-electron chi connectivity index (χ3n) is 4.21. The molecule has 0 aliphatic carbocycles. The number of H-pyrrole nitrogens is 2. The first kappa shape index (κ1) is 16.0. The summed E-state index contributed by atoms with van der Waals surface area (Å²) in [6.45, 7) is 4.58. The Labute approximate surface area is 147 Å². The summed E-state index contributed by atoms with van der Waals surface area (Å²) in [6.07, 6.45) is 3.46. The monoisotopic (exact) mass is 352 g/mol. The Kier molecular flexibility index (Phi) is 3.96. The van der Waals surface area contributed by atoms with Crippen LogP contribution in [0.4, 0.5) is 0 Å². The maximum atomic E-state index is 11.7. The zero-order valence-electron chi connectivity index (χ0n) is 13.8. The third kappa shape index (κ3) is 2.94. The fraction of sp³-hybridized carbons (Fsp3) is 0.235. The van der Waals surface area contributed by atoms with E-state index in [1.165, 1.54) is 6.08 Å². The number of nitrogens with zero attached hydrogens (tertiary/aromatic N) is 4. The Bertz CT molecular complexity index is 1040. The lowest BCUT2D eigenvalue weighted by Gasteiger charge is -2.16. The molecule has 132 valence electrons. The molecule has 0 spiro atoms. The second-order valence-electron chi connectivity index (χ2n) is 5.93. The van der Waals surface area contributed by atoms with Crippen LogP contribution < -0.4 is 10.4 Å². The molecule has 3 aromatic heterocycles. The van der Waals surface area contributed by atoms with Crippen LogP contribution in [0.2, 0.25) is 0 Å². The molecular weight excluding hydrogens is 336 g/mol. The summed E-state index contributed by atoms with van der Waals surface area (Å²) in [4.78, 5) is 36.2. The first-order chi connectivity index (χ1) is 12.6. The number of carbonyl (C=O) groups excluding carboxylic acids is 1. The van der Waals surface area contributed by atoms with E-state index in [0.29, 0.717) is 42.4 Å². The van der Waals surface area contributed by atoms with Gasteiger partial charge in [-0.05, 0) is 18.2 Å². The molecule has 1 fully saturated rings.